The number of carbonyl (C=O) groups is 2. The molecule has 3 aliphatic carbocycles. The molecule has 3 saturated carbocycles. The molecule has 1 heterocycles. The first-order chi connectivity index (χ1) is 18.3. The Morgan fingerprint density at radius 2 is 1.50 bits per heavy atom. The predicted octanol–water partition coefficient (Wildman–Crippen LogP) is 6.18. The van der Waals surface area contributed by atoms with Crippen LogP contribution in [-0.4, -0.2) is 35.2 Å². The van der Waals surface area contributed by atoms with Crippen LogP contribution < -0.4 is 5.32 Å². The Morgan fingerprint density at radius 1 is 0.868 bits per heavy atom. The highest BCUT2D eigenvalue weighted by Crippen LogP contribution is 2.64. The quantitative estimate of drug-likeness (QED) is 0.482. The average molecular weight is 516 g/mol. The molecule has 3 unspecified atom stereocenters. The van der Waals surface area contributed by atoms with E-state index in [1.807, 2.05) is 60.7 Å². The van der Waals surface area contributed by atoms with Gasteiger partial charge in [0.25, 0.3) is 0 Å². The molecule has 6 rings (SSSR count). The highest BCUT2D eigenvalue weighted by Gasteiger charge is 2.61. The zero-order chi connectivity index (χ0) is 26.5. The standard InChI is InChI=1S/C33H41NO4/c1-32-20-18-28(35)34-26(32)15-13-23-24-14-16-27(33(24,2)19-17-25(23)32)38-30(31(36)37)29(21-9-5-3-6-10-21)22-11-7-4-8-12-22/h3-12,23-27,29-30H,13-20H2,1-2H3,(H,34,35)(H,36,37)/t23-,24-,25+,26?,27?,30?,32+,33-/m0/s1. The van der Waals surface area contributed by atoms with Gasteiger partial charge >= 0.3 is 5.97 Å². The smallest absolute Gasteiger partial charge is 0.333 e. The van der Waals surface area contributed by atoms with Crippen molar-refractivity contribution in [3.63, 3.8) is 0 Å². The van der Waals surface area contributed by atoms with Gasteiger partial charge in [0.05, 0.1) is 6.10 Å². The SMILES string of the molecule is C[C@]12CCC(=O)NC1CC[C@@H]1[C@H]2CC[C@]2(C)C(OC(C(=O)O)C(c3ccccc3)c3ccccc3)CC[C@@H]12. The Labute approximate surface area is 226 Å². The monoisotopic (exact) mass is 515 g/mol. The van der Waals surface area contributed by atoms with Gasteiger partial charge in [-0.2, -0.15) is 0 Å². The van der Waals surface area contributed by atoms with Crippen molar-refractivity contribution in [2.45, 2.75) is 89.4 Å². The molecule has 1 aliphatic heterocycles. The summed E-state index contributed by atoms with van der Waals surface area (Å²) in [7, 11) is 0. The van der Waals surface area contributed by atoms with Gasteiger partial charge in [-0.3, -0.25) is 4.79 Å². The van der Waals surface area contributed by atoms with Crippen LogP contribution in [0.5, 0.6) is 0 Å². The molecule has 2 aromatic rings. The van der Waals surface area contributed by atoms with Gasteiger partial charge in [-0.15, -0.1) is 0 Å². The van der Waals surface area contributed by atoms with Crippen molar-refractivity contribution in [3.05, 3.63) is 71.8 Å². The van der Waals surface area contributed by atoms with Gasteiger partial charge in [0.2, 0.25) is 5.91 Å². The summed E-state index contributed by atoms with van der Waals surface area (Å²) in [6.07, 6.45) is 7.05. The van der Waals surface area contributed by atoms with Gasteiger partial charge in [-0.05, 0) is 84.7 Å². The summed E-state index contributed by atoms with van der Waals surface area (Å²) in [6, 6.07) is 20.2. The van der Waals surface area contributed by atoms with E-state index in [0.29, 0.717) is 30.2 Å². The van der Waals surface area contributed by atoms with E-state index in [0.717, 1.165) is 56.1 Å². The van der Waals surface area contributed by atoms with E-state index in [4.69, 9.17) is 4.74 Å². The lowest BCUT2D eigenvalue weighted by atomic mass is 9.47. The number of ether oxygens (including phenoxy) is 1. The number of carboxylic acids is 1. The first-order valence-corrected chi connectivity index (χ1v) is 14.6. The van der Waals surface area contributed by atoms with E-state index in [9.17, 15) is 14.7 Å². The average Bonchev–Trinajstić information content (AvgIpc) is 3.26. The Morgan fingerprint density at radius 3 is 2.13 bits per heavy atom. The zero-order valence-corrected chi connectivity index (χ0v) is 22.6. The maximum absolute atomic E-state index is 12.8. The van der Waals surface area contributed by atoms with Gasteiger partial charge < -0.3 is 15.2 Å². The molecule has 1 saturated heterocycles. The number of fused-ring (bicyclic) bond motifs is 5. The minimum absolute atomic E-state index is 0.0199. The molecule has 4 aliphatic rings. The first kappa shape index (κ1) is 25.6. The second-order valence-electron chi connectivity index (χ2n) is 12.9. The maximum atomic E-state index is 12.8. The fourth-order valence-electron chi connectivity index (χ4n) is 9.20. The number of hydrogen-bond donors (Lipinski definition) is 2. The summed E-state index contributed by atoms with van der Waals surface area (Å²) >= 11 is 0. The topological polar surface area (TPSA) is 75.6 Å². The second-order valence-corrected chi connectivity index (χ2v) is 12.9. The molecule has 1 amide bonds. The van der Waals surface area contributed by atoms with E-state index in [-0.39, 0.29) is 28.8 Å². The molecule has 0 radical (unpaired) electrons. The Bertz CT molecular complexity index is 1130. The third kappa shape index (κ3) is 4.18. The van der Waals surface area contributed by atoms with Gasteiger partial charge in [-0.25, -0.2) is 4.79 Å². The fourth-order valence-corrected chi connectivity index (χ4v) is 9.20. The maximum Gasteiger partial charge on any atom is 0.333 e. The van der Waals surface area contributed by atoms with Crippen LogP contribution in [0.15, 0.2) is 60.7 Å². The molecule has 4 fully saturated rings. The number of aliphatic carboxylic acids is 1. The van der Waals surface area contributed by atoms with Crippen LogP contribution in [0.25, 0.3) is 0 Å². The molecular formula is C33H41NO4. The van der Waals surface area contributed by atoms with Crippen LogP contribution >= 0.6 is 0 Å². The lowest BCUT2D eigenvalue weighted by Crippen LogP contribution is -2.61. The van der Waals surface area contributed by atoms with Crippen LogP contribution in [0.2, 0.25) is 0 Å². The molecule has 2 N–H and O–H groups in total. The number of rotatable bonds is 6. The van der Waals surface area contributed by atoms with Crippen LogP contribution in [0.4, 0.5) is 0 Å². The lowest BCUT2D eigenvalue weighted by Gasteiger charge is -2.60. The van der Waals surface area contributed by atoms with E-state index in [1.54, 1.807) is 0 Å². The third-order valence-corrected chi connectivity index (χ3v) is 11.2. The van der Waals surface area contributed by atoms with E-state index < -0.39 is 12.1 Å². The molecule has 2 aromatic carbocycles. The van der Waals surface area contributed by atoms with Crippen LogP contribution in [0.3, 0.4) is 0 Å². The number of amides is 1. The third-order valence-electron chi connectivity index (χ3n) is 11.2. The van der Waals surface area contributed by atoms with Gasteiger partial charge in [0, 0.05) is 18.4 Å². The van der Waals surface area contributed by atoms with Crippen molar-refractivity contribution < 1.29 is 19.4 Å². The van der Waals surface area contributed by atoms with Gasteiger partial charge in [0.1, 0.15) is 0 Å². The highest BCUT2D eigenvalue weighted by molar-refractivity contribution is 5.77. The molecule has 202 valence electrons. The Hall–Kier alpha value is -2.66. The summed E-state index contributed by atoms with van der Waals surface area (Å²) in [5, 5.41) is 13.8. The summed E-state index contributed by atoms with van der Waals surface area (Å²) in [6.45, 7) is 4.80. The largest absolute Gasteiger partial charge is 0.479 e. The van der Waals surface area contributed by atoms with Crippen LogP contribution in [0, 0.1) is 28.6 Å². The van der Waals surface area contributed by atoms with E-state index in [1.165, 1.54) is 0 Å². The molecule has 38 heavy (non-hydrogen) atoms. The van der Waals surface area contributed by atoms with Crippen molar-refractivity contribution >= 4 is 11.9 Å². The number of carbonyl (C=O) groups excluding carboxylic acids is 1. The minimum Gasteiger partial charge on any atom is -0.479 e. The van der Waals surface area contributed by atoms with Crippen molar-refractivity contribution in [1.82, 2.24) is 5.32 Å². The van der Waals surface area contributed by atoms with E-state index >= 15 is 0 Å². The Kier molecular flexibility index (Phi) is 6.62. The molecule has 5 nitrogen and oxygen atoms in total. The number of hydrogen-bond acceptors (Lipinski definition) is 3. The van der Waals surface area contributed by atoms with Crippen molar-refractivity contribution in [3.8, 4) is 0 Å². The molecule has 8 atom stereocenters. The fraction of sp³-hybridized carbons (Fsp3) is 0.576. The summed E-state index contributed by atoms with van der Waals surface area (Å²) < 4.78 is 6.79. The normalized spacial score (nSPS) is 37.0. The van der Waals surface area contributed by atoms with Crippen molar-refractivity contribution in [1.29, 1.82) is 0 Å². The van der Waals surface area contributed by atoms with Gasteiger partial charge in [-0.1, -0.05) is 74.5 Å². The summed E-state index contributed by atoms with van der Waals surface area (Å²) in [4.78, 5) is 25.0. The Balaban J connectivity index is 1.27. The predicted molar refractivity (Wildman–Crippen MR) is 147 cm³/mol. The minimum atomic E-state index is -0.945. The second kappa shape index (κ2) is 9.82. The highest BCUT2D eigenvalue weighted by atomic mass is 16.5. The molecule has 0 aromatic heterocycles. The van der Waals surface area contributed by atoms with Crippen LogP contribution in [0.1, 0.15) is 82.3 Å². The number of nitrogens with one attached hydrogen (secondary N) is 1. The number of carboxylic acid groups (broad SMARTS) is 1. The first-order valence-electron chi connectivity index (χ1n) is 14.6. The van der Waals surface area contributed by atoms with Gasteiger partial charge in [0.15, 0.2) is 6.10 Å². The molecule has 5 heteroatoms. The van der Waals surface area contributed by atoms with Crippen LogP contribution in [-0.2, 0) is 14.3 Å². The van der Waals surface area contributed by atoms with E-state index in [2.05, 4.69) is 19.2 Å². The summed E-state index contributed by atoms with van der Waals surface area (Å²) in [5.41, 5.74) is 2.10. The number of benzene rings is 2. The number of piperidine rings is 1. The lowest BCUT2D eigenvalue weighted by molar-refractivity contribution is -0.168. The molecule has 0 spiro atoms. The summed E-state index contributed by atoms with van der Waals surface area (Å²) in [5.74, 6) is 0.745. The van der Waals surface area contributed by atoms with Crippen molar-refractivity contribution in [2.24, 2.45) is 28.6 Å². The molecule has 0 bridgehead atoms. The molecular weight excluding hydrogens is 474 g/mol. The zero-order valence-electron chi connectivity index (χ0n) is 22.6. The van der Waals surface area contributed by atoms with Crippen molar-refractivity contribution in [2.75, 3.05) is 0 Å².